The van der Waals surface area contributed by atoms with Crippen molar-refractivity contribution in [1.29, 1.82) is 0 Å². The summed E-state index contributed by atoms with van der Waals surface area (Å²) >= 11 is 0. The van der Waals surface area contributed by atoms with E-state index in [2.05, 4.69) is 5.32 Å². The number of carbonyl (C=O) groups excluding carboxylic acids is 3. The molecule has 0 unspecified atom stereocenters. The van der Waals surface area contributed by atoms with Crippen molar-refractivity contribution in [2.45, 2.75) is 25.8 Å². The molecule has 0 aromatic carbocycles. The second-order valence-electron chi connectivity index (χ2n) is 4.72. The number of hydrogen-bond donors (Lipinski definition) is 1. The summed E-state index contributed by atoms with van der Waals surface area (Å²) in [5, 5.41) is 2.13. The highest BCUT2D eigenvalue weighted by Gasteiger charge is 2.35. The summed E-state index contributed by atoms with van der Waals surface area (Å²) in [5.74, 6) is -0.974. The standard InChI is InChI=1S/C10H17N3O3/c1-10(2,12(3)4)6-13-8(15)5-7(14)11-9(13)16/h5-6H2,1-4H3,(H,11,14,16). The van der Waals surface area contributed by atoms with Crippen molar-refractivity contribution in [3.8, 4) is 0 Å². The number of hydrogen-bond acceptors (Lipinski definition) is 4. The van der Waals surface area contributed by atoms with Gasteiger partial charge in [-0.05, 0) is 27.9 Å². The number of nitrogens with one attached hydrogen (secondary N) is 1. The van der Waals surface area contributed by atoms with Crippen molar-refractivity contribution >= 4 is 17.8 Å². The Morgan fingerprint density at radius 1 is 1.31 bits per heavy atom. The lowest BCUT2D eigenvalue weighted by molar-refractivity contribution is -0.137. The molecule has 0 aromatic heterocycles. The maximum Gasteiger partial charge on any atom is 0.330 e. The minimum absolute atomic E-state index is 0.255. The van der Waals surface area contributed by atoms with Gasteiger partial charge in [-0.3, -0.25) is 19.8 Å². The van der Waals surface area contributed by atoms with Crippen molar-refractivity contribution < 1.29 is 14.4 Å². The molecule has 1 rings (SSSR count). The molecule has 16 heavy (non-hydrogen) atoms. The third-order valence-corrected chi connectivity index (χ3v) is 2.86. The highest BCUT2D eigenvalue weighted by atomic mass is 16.2. The monoisotopic (exact) mass is 227 g/mol. The quantitative estimate of drug-likeness (QED) is 0.678. The number of amides is 4. The summed E-state index contributed by atoms with van der Waals surface area (Å²) in [6.07, 6.45) is -0.255. The fraction of sp³-hybridized carbons (Fsp3) is 0.700. The number of urea groups is 1. The first-order valence-corrected chi connectivity index (χ1v) is 5.05. The predicted octanol–water partition coefficient (Wildman–Crippen LogP) is -0.205. The van der Waals surface area contributed by atoms with Gasteiger partial charge in [0.1, 0.15) is 6.42 Å². The van der Waals surface area contributed by atoms with Crippen LogP contribution in [-0.2, 0) is 9.59 Å². The molecule has 0 bridgehead atoms. The topological polar surface area (TPSA) is 69.7 Å². The summed E-state index contributed by atoms with van der Waals surface area (Å²) in [6.45, 7) is 4.10. The summed E-state index contributed by atoms with van der Waals surface area (Å²) in [5.41, 5.74) is -0.326. The lowest BCUT2D eigenvalue weighted by Gasteiger charge is -2.37. The van der Waals surface area contributed by atoms with E-state index in [9.17, 15) is 14.4 Å². The van der Waals surface area contributed by atoms with Gasteiger partial charge in [0.15, 0.2) is 0 Å². The zero-order valence-electron chi connectivity index (χ0n) is 10.0. The second kappa shape index (κ2) is 4.21. The average Bonchev–Trinajstić information content (AvgIpc) is 2.11. The number of rotatable bonds is 3. The number of nitrogens with zero attached hydrogens (tertiary/aromatic N) is 2. The van der Waals surface area contributed by atoms with Gasteiger partial charge in [0.25, 0.3) is 0 Å². The van der Waals surface area contributed by atoms with Crippen molar-refractivity contribution in [3.05, 3.63) is 0 Å². The molecular weight excluding hydrogens is 210 g/mol. The van der Waals surface area contributed by atoms with E-state index in [0.717, 1.165) is 4.90 Å². The van der Waals surface area contributed by atoms with Crippen LogP contribution in [0.2, 0.25) is 0 Å². The Morgan fingerprint density at radius 2 is 1.88 bits per heavy atom. The molecule has 1 aliphatic heterocycles. The number of barbiturate groups is 1. The third-order valence-electron chi connectivity index (χ3n) is 2.86. The fourth-order valence-corrected chi connectivity index (χ4v) is 1.27. The van der Waals surface area contributed by atoms with Crippen molar-refractivity contribution in [1.82, 2.24) is 15.1 Å². The zero-order chi connectivity index (χ0) is 12.5. The first kappa shape index (κ1) is 12.6. The van der Waals surface area contributed by atoms with E-state index < -0.39 is 17.8 Å². The lowest BCUT2D eigenvalue weighted by Crippen LogP contribution is -2.58. The number of likely N-dealkylation sites (N-methyl/N-ethyl adjacent to an activating group) is 1. The van der Waals surface area contributed by atoms with E-state index in [1.807, 2.05) is 32.8 Å². The normalized spacial score (nSPS) is 18.1. The molecular formula is C10H17N3O3. The van der Waals surface area contributed by atoms with E-state index >= 15 is 0 Å². The van der Waals surface area contributed by atoms with Gasteiger partial charge >= 0.3 is 6.03 Å². The zero-order valence-corrected chi connectivity index (χ0v) is 10.0. The smallest absolute Gasteiger partial charge is 0.302 e. The highest BCUT2D eigenvalue weighted by molar-refractivity contribution is 6.14. The SMILES string of the molecule is CN(C)C(C)(C)CN1C(=O)CC(=O)NC1=O. The molecule has 1 N–H and O–H groups in total. The van der Waals surface area contributed by atoms with Gasteiger partial charge < -0.3 is 4.90 Å². The van der Waals surface area contributed by atoms with Crippen LogP contribution in [0.15, 0.2) is 0 Å². The fourth-order valence-electron chi connectivity index (χ4n) is 1.27. The maximum atomic E-state index is 11.5. The van der Waals surface area contributed by atoms with Crippen LogP contribution in [0.3, 0.4) is 0 Å². The molecule has 0 aromatic rings. The van der Waals surface area contributed by atoms with Gasteiger partial charge in [0.05, 0.1) is 0 Å². The van der Waals surface area contributed by atoms with Gasteiger partial charge in [-0.15, -0.1) is 0 Å². The summed E-state index contributed by atoms with van der Waals surface area (Å²) in [7, 11) is 3.75. The molecule has 0 saturated carbocycles. The minimum Gasteiger partial charge on any atom is -0.302 e. The minimum atomic E-state index is -0.629. The van der Waals surface area contributed by atoms with Gasteiger partial charge in [-0.1, -0.05) is 0 Å². The Kier molecular flexibility index (Phi) is 3.32. The first-order valence-electron chi connectivity index (χ1n) is 5.05. The van der Waals surface area contributed by atoms with E-state index in [0.29, 0.717) is 0 Å². The van der Waals surface area contributed by atoms with Gasteiger partial charge in [-0.25, -0.2) is 4.79 Å². The summed E-state index contributed by atoms with van der Waals surface area (Å²) in [4.78, 5) is 37.0. The van der Waals surface area contributed by atoms with Crippen molar-refractivity contribution in [2.75, 3.05) is 20.6 Å². The van der Waals surface area contributed by atoms with Gasteiger partial charge in [0.2, 0.25) is 11.8 Å². The average molecular weight is 227 g/mol. The molecule has 90 valence electrons. The van der Waals surface area contributed by atoms with Crippen LogP contribution in [0, 0.1) is 0 Å². The molecule has 1 saturated heterocycles. The predicted molar refractivity (Wildman–Crippen MR) is 57.6 cm³/mol. The van der Waals surface area contributed by atoms with Gasteiger partial charge in [0, 0.05) is 12.1 Å². The van der Waals surface area contributed by atoms with E-state index in [1.165, 1.54) is 0 Å². The van der Waals surface area contributed by atoms with Crippen LogP contribution in [0.4, 0.5) is 4.79 Å². The molecule has 0 aliphatic carbocycles. The molecule has 1 aliphatic rings. The first-order chi connectivity index (χ1) is 7.24. The van der Waals surface area contributed by atoms with Crippen LogP contribution in [0.25, 0.3) is 0 Å². The van der Waals surface area contributed by atoms with Gasteiger partial charge in [-0.2, -0.15) is 0 Å². The van der Waals surface area contributed by atoms with Crippen LogP contribution >= 0.6 is 0 Å². The summed E-state index contributed by atoms with van der Waals surface area (Å²) < 4.78 is 0. The van der Waals surface area contributed by atoms with Crippen molar-refractivity contribution in [2.24, 2.45) is 0 Å². The van der Waals surface area contributed by atoms with E-state index in [4.69, 9.17) is 0 Å². The van der Waals surface area contributed by atoms with E-state index in [1.54, 1.807) is 0 Å². The molecule has 4 amide bonds. The molecule has 6 heteroatoms. The largest absolute Gasteiger partial charge is 0.330 e. The molecule has 1 fully saturated rings. The number of imide groups is 2. The Hall–Kier alpha value is -1.43. The third kappa shape index (κ3) is 2.57. The number of carbonyl (C=O) groups is 3. The van der Waals surface area contributed by atoms with Crippen molar-refractivity contribution in [3.63, 3.8) is 0 Å². The molecule has 6 nitrogen and oxygen atoms in total. The second-order valence-corrected chi connectivity index (χ2v) is 4.72. The lowest BCUT2D eigenvalue weighted by atomic mass is 10.0. The molecule has 0 spiro atoms. The van der Waals surface area contributed by atoms with Crippen LogP contribution in [-0.4, -0.2) is 53.8 Å². The Morgan fingerprint density at radius 3 is 2.31 bits per heavy atom. The van der Waals surface area contributed by atoms with Crippen LogP contribution < -0.4 is 5.32 Å². The molecule has 0 atom stereocenters. The Bertz CT molecular complexity index is 316. The highest BCUT2D eigenvalue weighted by Crippen LogP contribution is 2.14. The van der Waals surface area contributed by atoms with Crippen LogP contribution in [0.1, 0.15) is 20.3 Å². The maximum absolute atomic E-state index is 11.5. The molecule has 1 heterocycles. The van der Waals surface area contributed by atoms with E-state index in [-0.39, 0.29) is 18.5 Å². The molecule has 0 radical (unpaired) electrons. The Labute approximate surface area is 94.6 Å². The van der Waals surface area contributed by atoms with Crippen LogP contribution in [0.5, 0.6) is 0 Å². The Balaban J connectivity index is 2.77. The summed E-state index contributed by atoms with van der Waals surface area (Å²) in [6, 6.07) is -0.629.